The summed E-state index contributed by atoms with van der Waals surface area (Å²) in [5, 5.41) is 3.21. The minimum Gasteiger partial charge on any atom is -0.406 e. The van der Waals surface area contributed by atoms with Gasteiger partial charge in [0.2, 0.25) is 0 Å². The highest BCUT2D eigenvalue weighted by atomic mass is 19.4. The van der Waals surface area contributed by atoms with Crippen LogP contribution in [0, 0.1) is 0 Å². The molecule has 0 aromatic heterocycles. The van der Waals surface area contributed by atoms with Crippen LogP contribution in [0.3, 0.4) is 0 Å². The highest BCUT2D eigenvalue weighted by Crippen LogP contribution is 2.25. The number of benzene rings is 1. The fourth-order valence-electron chi connectivity index (χ4n) is 2.30. The van der Waals surface area contributed by atoms with Crippen LogP contribution in [-0.4, -0.2) is 25.1 Å². The lowest BCUT2D eigenvalue weighted by atomic mass is 10.0. The Hall–Kier alpha value is -1.27. The molecule has 1 aliphatic rings. The van der Waals surface area contributed by atoms with Gasteiger partial charge >= 0.3 is 6.36 Å². The fraction of sp³-hybridized carbons (Fsp3) is 0.571. The SMILES string of the molecule is CC1(CNCc2cccc(OC(F)(F)F)c2)CCCO1. The summed E-state index contributed by atoms with van der Waals surface area (Å²) in [6.07, 6.45) is -2.61. The van der Waals surface area contributed by atoms with E-state index in [1.807, 2.05) is 6.92 Å². The molecular weight excluding hydrogens is 271 g/mol. The minimum atomic E-state index is -4.66. The molecule has 1 saturated heterocycles. The third-order valence-corrected chi connectivity index (χ3v) is 3.26. The quantitative estimate of drug-likeness (QED) is 0.902. The molecule has 0 spiro atoms. The molecule has 3 nitrogen and oxygen atoms in total. The van der Waals surface area contributed by atoms with Gasteiger partial charge < -0.3 is 14.8 Å². The zero-order chi connectivity index (χ0) is 14.6. The van der Waals surface area contributed by atoms with Gasteiger partial charge in [0.1, 0.15) is 5.75 Å². The summed E-state index contributed by atoms with van der Waals surface area (Å²) in [5.41, 5.74) is 0.577. The molecule has 20 heavy (non-hydrogen) atoms. The zero-order valence-corrected chi connectivity index (χ0v) is 11.3. The number of nitrogens with one attached hydrogen (secondary N) is 1. The second-order valence-electron chi connectivity index (χ2n) is 5.20. The number of halogens is 3. The molecule has 1 unspecified atom stereocenters. The van der Waals surface area contributed by atoms with Gasteiger partial charge in [0, 0.05) is 19.7 Å². The average Bonchev–Trinajstić information content (AvgIpc) is 2.74. The van der Waals surface area contributed by atoms with Gasteiger partial charge in [-0.2, -0.15) is 0 Å². The molecule has 1 N–H and O–H groups in total. The van der Waals surface area contributed by atoms with Crippen molar-refractivity contribution in [2.75, 3.05) is 13.2 Å². The number of ether oxygens (including phenoxy) is 2. The molecule has 2 rings (SSSR count). The maximum absolute atomic E-state index is 12.1. The number of hydrogen-bond acceptors (Lipinski definition) is 3. The van der Waals surface area contributed by atoms with Crippen LogP contribution in [0.15, 0.2) is 24.3 Å². The van der Waals surface area contributed by atoms with Crippen molar-refractivity contribution >= 4 is 0 Å². The molecule has 0 aliphatic carbocycles. The summed E-state index contributed by atoms with van der Waals surface area (Å²) in [4.78, 5) is 0. The van der Waals surface area contributed by atoms with Crippen LogP contribution in [0.5, 0.6) is 5.75 Å². The maximum atomic E-state index is 12.1. The molecule has 1 heterocycles. The summed E-state index contributed by atoms with van der Waals surface area (Å²) < 4.78 is 45.9. The van der Waals surface area contributed by atoms with Gasteiger partial charge in [0.25, 0.3) is 0 Å². The van der Waals surface area contributed by atoms with E-state index in [9.17, 15) is 13.2 Å². The Morgan fingerprint density at radius 1 is 1.40 bits per heavy atom. The van der Waals surface area contributed by atoms with Crippen molar-refractivity contribution in [3.8, 4) is 5.75 Å². The third kappa shape index (κ3) is 4.68. The predicted octanol–water partition coefficient (Wildman–Crippen LogP) is 3.24. The lowest BCUT2D eigenvalue weighted by Crippen LogP contribution is -2.36. The first-order valence-electron chi connectivity index (χ1n) is 6.56. The van der Waals surface area contributed by atoms with Gasteiger partial charge in [-0.1, -0.05) is 12.1 Å². The molecular formula is C14H18F3NO2. The second kappa shape index (κ2) is 6.01. The molecule has 0 bridgehead atoms. The van der Waals surface area contributed by atoms with E-state index < -0.39 is 6.36 Å². The molecule has 6 heteroatoms. The molecule has 1 fully saturated rings. The summed E-state index contributed by atoms with van der Waals surface area (Å²) >= 11 is 0. The van der Waals surface area contributed by atoms with Crippen LogP contribution in [0.1, 0.15) is 25.3 Å². The van der Waals surface area contributed by atoms with Gasteiger partial charge in [0.05, 0.1) is 5.60 Å². The smallest absolute Gasteiger partial charge is 0.406 e. The Bertz CT molecular complexity index is 442. The van der Waals surface area contributed by atoms with Crippen LogP contribution in [-0.2, 0) is 11.3 Å². The van der Waals surface area contributed by atoms with Crippen molar-refractivity contribution in [2.45, 2.75) is 38.3 Å². The fourth-order valence-corrected chi connectivity index (χ4v) is 2.30. The summed E-state index contributed by atoms with van der Waals surface area (Å²) in [6.45, 7) is 3.97. The first-order valence-corrected chi connectivity index (χ1v) is 6.56. The molecule has 1 aliphatic heterocycles. The lowest BCUT2D eigenvalue weighted by Gasteiger charge is -2.23. The number of hydrogen-bond donors (Lipinski definition) is 1. The van der Waals surface area contributed by atoms with Crippen molar-refractivity contribution in [2.24, 2.45) is 0 Å². The molecule has 0 radical (unpaired) electrons. The standard InChI is InChI=1S/C14H18F3NO2/c1-13(6-3-7-19-13)10-18-9-11-4-2-5-12(8-11)20-14(15,16)17/h2,4-5,8,18H,3,6-7,9-10H2,1H3. The monoisotopic (exact) mass is 289 g/mol. The highest BCUT2D eigenvalue weighted by Gasteiger charge is 2.31. The summed E-state index contributed by atoms with van der Waals surface area (Å²) in [7, 11) is 0. The Labute approximate surface area is 116 Å². The van der Waals surface area contributed by atoms with Crippen molar-refractivity contribution in [3.05, 3.63) is 29.8 Å². The predicted molar refractivity (Wildman–Crippen MR) is 68.4 cm³/mol. The Kier molecular flexibility index (Phi) is 4.55. The van der Waals surface area contributed by atoms with Crippen molar-refractivity contribution in [3.63, 3.8) is 0 Å². The van der Waals surface area contributed by atoms with Crippen LogP contribution >= 0.6 is 0 Å². The van der Waals surface area contributed by atoms with E-state index in [1.165, 1.54) is 12.1 Å². The van der Waals surface area contributed by atoms with E-state index in [0.29, 0.717) is 13.1 Å². The molecule has 0 amide bonds. The van der Waals surface area contributed by atoms with Gasteiger partial charge in [0.15, 0.2) is 0 Å². The van der Waals surface area contributed by atoms with Gasteiger partial charge in [-0.3, -0.25) is 0 Å². The third-order valence-electron chi connectivity index (χ3n) is 3.26. The molecule has 0 saturated carbocycles. The average molecular weight is 289 g/mol. The summed E-state index contributed by atoms with van der Waals surface area (Å²) in [6, 6.07) is 5.98. The van der Waals surface area contributed by atoms with E-state index in [1.54, 1.807) is 12.1 Å². The van der Waals surface area contributed by atoms with Crippen molar-refractivity contribution in [1.82, 2.24) is 5.32 Å². The molecule has 1 atom stereocenters. The molecule has 112 valence electrons. The topological polar surface area (TPSA) is 30.5 Å². The number of alkyl halides is 3. The summed E-state index contributed by atoms with van der Waals surface area (Å²) in [5.74, 6) is -0.194. The second-order valence-corrected chi connectivity index (χ2v) is 5.20. The highest BCUT2D eigenvalue weighted by molar-refractivity contribution is 5.28. The van der Waals surface area contributed by atoms with E-state index in [4.69, 9.17) is 4.74 Å². The van der Waals surface area contributed by atoms with Crippen LogP contribution in [0.25, 0.3) is 0 Å². The van der Waals surface area contributed by atoms with Crippen LogP contribution in [0.4, 0.5) is 13.2 Å². The van der Waals surface area contributed by atoms with E-state index in [0.717, 1.165) is 25.0 Å². The van der Waals surface area contributed by atoms with Gasteiger partial charge in [-0.25, -0.2) is 0 Å². The Balaban J connectivity index is 1.85. The van der Waals surface area contributed by atoms with E-state index in [2.05, 4.69) is 10.1 Å². The first kappa shape index (κ1) is 15.1. The Morgan fingerprint density at radius 2 is 2.20 bits per heavy atom. The maximum Gasteiger partial charge on any atom is 0.573 e. The Morgan fingerprint density at radius 3 is 2.85 bits per heavy atom. The van der Waals surface area contributed by atoms with Crippen LogP contribution in [0.2, 0.25) is 0 Å². The van der Waals surface area contributed by atoms with E-state index in [-0.39, 0.29) is 11.4 Å². The van der Waals surface area contributed by atoms with Crippen molar-refractivity contribution < 1.29 is 22.6 Å². The zero-order valence-electron chi connectivity index (χ0n) is 11.3. The normalized spacial score (nSPS) is 23.0. The largest absolute Gasteiger partial charge is 0.573 e. The van der Waals surface area contributed by atoms with Gasteiger partial charge in [-0.05, 0) is 37.5 Å². The lowest BCUT2D eigenvalue weighted by molar-refractivity contribution is -0.274. The molecule has 1 aromatic carbocycles. The van der Waals surface area contributed by atoms with E-state index >= 15 is 0 Å². The number of rotatable bonds is 5. The van der Waals surface area contributed by atoms with Crippen molar-refractivity contribution in [1.29, 1.82) is 0 Å². The van der Waals surface area contributed by atoms with Gasteiger partial charge in [-0.15, -0.1) is 13.2 Å². The minimum absolute atomic E-state index is 0.167. The first-order chi connectivity index (χ1) is 9.36. The van der Waals surface area contributed by atoms with Crippen LogP contribution < -0.4 is 10.1 Å². The molecule has 1 aromatic rings.